The van der Waals surface area contributed by atoms with Gasteiger partial charge in [0, 0.05) is 11.3 Å². The molecule has 0 aromatic rings. The maximum absolute atomic E-state index is 13.2. The third-order valence-electron chi connectivity index (χ3n) is 7.70. The van der Waals surface area contributed by atoms with E-state index in [1.54, 1.807) is 0 Å². The van der Waals surface area contributed by atoms with E-state index in [2.05, 4.69) is 26.8 Å². The molecule has 2 bridgehead atoms. The Labute approximate surface area is 139 Å². The standard InChI is InChI=1S/C18H27NO3S/c1-12-6-4-5-7-14(12)16(20)19-15-10-13-8-9-18(15,17(13,2)3)11-23(19,21)22/h4-5,12-15H,6-11H2,1-3H3/t12-,13-,14-,15-,18-/m1/s1. The molecule has 3 fully saturated rings. The molecular formula is C18H27NO3S. The van der Waals surface area contributed by atoms with Gasteiger partial charge in [-0.1, -0.05) is 32.9 Å². The molecule has 23 heavy (non-hydrogen) atoms. The minimum Gasteiger partial charge on any atom is -0.273 e. The molecule has 1 spiro atoms. The van der Waals surface area contributed by atoms with Gasteiger partial charge < -0.3 is 0 Å². The van der Waals surface area contributed by atoms with E-state index in [0.717, 1.165) is 25.7 Å². The van der Waals surface area contributed by atoms with Crippen LogP contribution in [0.3, 0.4) is 0 Å². The van der Waals surface area contributed by atoms with E-state index in [4.69, 9.17) is 0 Å². The first-order valence-corrected chi connectivity index (χ1v) is 10.5. The summed E-state index contributed by atoms with van der Waals surface area (Å²) >= 11 is 0. The average molecular weight is 337 g/mol. The molecule has 4 aliphatic rings. The van der Waals surface area contributed by atoms with Gasteiger partial charge in [-0.15, -0.1) is 0 Å². The van der Waals surface area contributed by atoms with Crippen LogP contribution in [0.4, 0.5) is 0 Å². The number of hydrogen-bond acceptors (Lipinski definition) is 3. The molecule has 1 heterocycles. The lowest BCUT2D eigenvalue weighted by Gasteiger charge is -2.38. The molecule has 1 aliphatic heterocycles. The number of carbonyl (C=O) groups excluding carboxylic acids is 1. The highest BCUT2D eigenvalue weighted by molar-refractivity contribution is 7.90. The SMILES string of the molecule is C[C@@H]1CC=CC[C@H]1C(=O)N1[C@@H]2C[C@H]3CC[C@]2(CS1(=O)=O)C3(C)C. The van der Waals surface area contributed by atoms with Crippen molar-refractivity contribution in [3.8, 4) is 0 Å². The van der Waals surface area contributed by atoms with Crippen molar-refractivity contribution in [3.05, 3.63) is 12.2 Å². The summed E-state index contributed by atoms with van der Waals surface area (Å²) in [5.74, 6) is 0.656. The molecule has 3 aliphatic carbocycles. The molecule has 0 aromatic carbocycles. The molecule has 0 unspecified atom stereocenters. The zero-order chi connectivity index (χ0) is 16.6. The molecule has 1 saturated heterocycles. The molecular weight excluding hydrogens is 310 g/mol. The second-order valence-corrected chi connectivity index (χ2v) is 10.6. The maximum Gasteiger partial charge on any atom is 0.240 e. The summed E-state index contributed by atoms with van der Waals surface area (Å²) in [6, 6.07) is -0.0909. The van der Waals surface area contributed by atoms with Gasteiger partial charge in [0.15, 0.2) is 0 Å². The van der Waals surface area contributed by atoms with E-state index < -0.39 is 10.0 Å². The fraction of sp³-hybridized carbons (Fsp3) is 0.833. The molecule has 1 amide bonds. The zero-order valence-electron chi connectivity index (χ0n) is 14.3. The van der Waals surface area contributed by atoms with Gasteiger partial charge in [0.1, 0.15) is 0 Å². The van der Waals surface area contributed by atoms with E-state index in [-0.39, 0.29) is 40.4 Å². The van der Waals surface area contributed by atoms with Gasteiger partial charge in [0.2, 0.25) is 15.9 Å². The summed E-state index contributed by atoms with van der Waals surface area (Å²) in [5, 5.41) is 0. The number of rotatable bonds is 1. The van der Waals surface area contributed by atoms with Crippen molar-refractivity contribution in [3.63, 3.8) is 0 Å². The summed E-state index contributed by atoms with van der Waals surface area (Å²) in [5.41, 5.74) is -0.183. The Bertz CT molecular complexity index is 680. The highest BCUT2D eigenvalue weighted by Crippen LogP contribution is 2.70. The van der Waals surface area contributed by atoms with Gasteiger partial charge in [-0.05, 0) is 49.4 Å². The summed E-state index contributed by atoms with van der Waals surface area (Å²) < 4.78 is 27.2. The van der Waals surface area contributed by atoms with Crippen molar-refractivity contribution in [2.75, 3.05) is 5.75 Å². The molecule has 0 aromatic heterocycles. The quantitative estimate of drug-likeness (QED) is 0.691. The van der Waals surface area contributed by atoms with Gasteiger partial charge in [0.05, 0.1) is 11.8 Å². The Morgan fingerprint density at radius 1 is 1.22 bits per heavy atom. The molecule has 5 heteroatoms. The highest BCUT2D eigenvalue weighted by Gasteiger charge is 2.72. The summed E-state index contributed by atoms with van der Waals surface area (Å²) in [6.07, 6.45) is 8.63. The van der Waals surface area contributed by atoms with E-state index in [9.17, 15) is 13.2 Å². The summed E-state index contributed by atoms with van der Waals surface area (Å²) in [7, 11) is -3.47. The fourth-order valence-corrected chi connectivity index (χ4v) is 8.62. The van der Waals surface area contributed by atoms with Crippen molar-refractivity contribution in [2.24, 2.45) is 28.6 Å². The van der Waals surface area contributed by atoms with Crippen LogP contribution in [-0.2, 0) is 14.8 Å². The van der Waals surface area contributed by atoms with Crippen molar-refractivity contribution < 1.29 is 13.2 Å². The Kier molecular flexibility index (Phi) is 3.15. The molecule has 4 nitrogen and oxygen atoms in total. The van der Waals surface area contributed by atoms with E-state index in [0.29, 0.717) is 12.3 Å². The van der Waals surface area contributed by atoms with Gasteiger partial charge in [-0.25, -0.2) is 12.7 Å². The lowest BCUT2D eigenvalue weighted by atomic mass is 9.69. The Balaban J connectivity index is 1.72. The highest BCUT2D eigenvalue weighted by atomic mass is 32.2. The minimum atomic E-state index is -3.47. The van der Waals surface area contributed by atoms with Crippen LogP contribution < -0.4 is 0 Å². The van der Waals surface area contributed by atoms with Crippen LogP contribution in [0.25, 0.3) is 0 Å². The van der Waals surface area contributed by atoms with Crippen LogP contribution in [-0.4, -0.2) is 30.4 Å². The van der Waals surface area contributed by atoms with E-state index >= 15 is 0 Å². The number of allylic oxidation sites excluding steroid dienone is 2. The van der Waals surface area contributed by atoms with Gasteiger partial charge in [-0.2, -0.15) is 0 Å². The fourth-order valence-electron chi connectivity index (χ4n) is 6.04. The van der Waals surface area contributed by atoms with Crippen LogP contribution in [0.1, 0.15) is 52.9 Å². The zero-order valence-corrected chi connectivity index (χ0v) is 15.1. The minimum absolute atomic E-state index is 0.0256. The van der Waals surface area contributed by atoms with Crippen molar-refractivity contribution >= 4 is 15.9 Å². The van der Waals surface area contributed by atoms with Crippen LogP contribution in [0.2, 0.25) is 0 Å². The first kappa shape index (κ1) is 15.7. The van der Waals surface area contributed by atoms with E-state index in [1.165, 1.54) is 4.31 Å². The summed E-state index contributed by atoms with van der Waals surface area (Å²) in [6.45, 7) is 6.51. The molecule has 5 atom stereocenters. The monoisotopic (exact) mass is 337 g/mol. The largest absolute Gasteiger partial charge is 0.273 e. The topological polar surface area (TPSA) is 54.5 Å². The first-order valence-electron chi connectivity index (χ1n) is 8.92. The van der Waals surface area contributed by atoms with Crippen LogP contribution in [0.15, 0.2) is 12.2 Å². The molecule has 4 rings (SSSR count). The normalized spacial score (nSPS) is 46.1. The van der Waals surface area contributed by atoms with Crippen molar-refractivity contribution in [1.82, 2.24) is 4.31 Å². The smallest absolute Gasteiger partial charge is 0.240 e. The first-order chi connectivity index (χ1) is 10.7. The lowest BCUT2D eigenvalue weighted by Crippen LogP contribution is -2.47. The second kappa shape index (κ2) is 4.62. The number of fused-ring (bicyclic) bond motifs is 1. The van der Waals surface area contributed by atoms with Crippen molar-refractivity contribution in [1.29, 1.82) is 0 Å². The Morgan fingerprint density at radius 2 is 1.91 bits per heavy atom. The van der Waals surface area contributed by atoms with Crippen molar-refractivity contribution in [2.45, 2.75) is 58.9 Å². The molecule has 0 N–H and O–H groups in total. The third kappa shape index (κ3) is 1.83. The number of sulfonamides is 1. The van der Waals surface area contributed by atoms with Gasteiger partial charge in [-0.3, -0.25) is 4.79 Å². The summed E-state index contributed by atoms with van der Waals surface area (Å²) in [4.78, 5) is 13.2. The molecule has 0 radical (unpaired) electrons. The Morgan fingerprint density at radius 3 is 2.57 bits per heavy atom. The number of carbonyl (C=O) groups is 1. The third-order valence-corrected chi connectivity index (χ3v) is 9.61. The van der Waals surface area contributed by atoms with Crippen LogP contribution in [0, 0.1) is 28.6 Å². The number of hydrogen-bond donors (Lipinski definition) is 0. The predicted octanol–water partition coefficient (Wildman–Crippen LogP) is 2.96. The van der Waals surface area contributed by atoms with Gasteiger partial charge >= 0.3 is 0 Å². The average Bonchev–Trinajstić information content (AvgIpc) is 2.94. The maximum atomic E-state index is 13.2. The van der Waals surface area contributed by atoms with Gasteiger partial charge in [0.25, 0.3) is 0 Å². The van der Waals surface area contributed by atoms with Crippen LogP contribution >= 0.6 is 0 Å². The molecule has 2 saturated carbocycles. The predicted molar refractivity (Wildman–Crippen MR) is 89.0 cm³/mol. The number of amides is 1. The van der Waals surface area contributed by atoms with Crippen LogP contribution in [0.5, 0.6) is 0 Å². The van der Waals surface area contributed by atoms with E-state index in [1.807, 2.05) is 6.08 Å². The Hall–Kier alpha value is -0.840. The second-order valence-electron chi connectivity index (χ2n) is 8.78. The molecule has 128 valence electrons. The number of nitrogens with zero attached hydrogens (tertiary/aromatic N) is 1. The lowest BCUT2D eigenvalue weighted by molar-refractivity contribution is -0.134.